The number of carbonyl (C=O) groups excluding carboxylic acids is 2. The average molecular weight is 681 g/mol. The monoisotopic (exact) mass is 680 g/mol. The Morgan fingerprint density at radius 3 is 1.34 bits per heavy atom. The molecule has 14 heteroatoms. The third kappa shape index (κ3) is 6.41. The second-order valence-corrected chi connectivity index (χ2v) is 11.0. The Labute approximate surface area is 287 Å². The zero-order valence-electron chi connectivity index (χ0n) is 27.7. The lowest BCUT2D eigenvalue weighted by Crippen LogP contribution is -2.45. The second-order valence-electron chi connectivity index (χ2n) is 11.0. The van der Waals surface area contributed by atoms with Gasteiger partial charge in [-0.1, -0.05) is 48.5 Å². The Morgan fingerprint density at radius 1 is 0.580 bits per heavy atom. The Hall–Kier alpha value is -6.70. The minimum atomic E-state index is -0.881. The third-order valence-electron chi connectivity index (χ3n) is 8.16. The molecule has 2 unspecified atom stereocenters. The first-order valence-corrected chi connectivity index (χ1v) is 15.4. The lowest BCUT2D eigenvalue weighted by molar-refractivity contribution is -0.702. The number of nitrogens with zero attached hydrogens (tertiary/aromatic N) is 2. The van der Waals surface area contributed by atoms with Crippen LogP contribution in [0.4, 0.5) is 11.4 Å². The summed E-state index contributed by atoms with van der Waals surface area (Å²) in [4.78, 5) is 37.1. The summed E-state index contributed by atoms with van der Waals surface area (Å²) in [6, 6.07) is 24.8. The summed E-state index contributed by atoms with van der Waals surface area (Å²) in [5, 5.41) is 6.36. The first-order valence-electron chi connectivity index (χ1n) is 15.4. The minimum absolute atomic E-state index is 0.0511. The molecule has 0 fully saturated rings. The van der Waals surface area contributed by atoms with E-state index in [1.807, 2.05) is 48.5 Å². The molecule has 50 heavy (non-hydrogen) atoms. The SMILES string of the molecule is COc1ccc(C2NC(N)=[N+](OC(=O)/C=C/C(=O)O[N+]3=C(N)NC(c4ccc(OC)c(OC)c4)c4ccccc43)c3ccccc32)cc1OC. The van der Waals surface area contributed by atoms with Crippen molar-refractivity contribution in [1.82, 2.24) is 10.6 Å². The maximum atomic E-state index is 13.0. The fourth-order valence-corrected chi connectivity index (χ4v) is 5.83. The number of nitrogens with two attached hydrogens (primary N) is 2. The zero-order chi connectivity index (χ0) is 35.4. The predicted octanol–water partition coefficient (Wildman–Crippen LogP) is 3.20. The van der Waals surface area contributed by atoms with Crippen LogP contribution < -0.4 is 41.0 Å². The van der Waals surface area contributed by atoms with Crippen molar-refractivity contribution in [3.63, 3.8) is 0 Å². The molecular formula is C36H36N6O8+2. The highest BCUT2D eigenvalue weighted by atomic mass is 16.7. The quantitative estimate of drug-likeness (QED) is 0.110. The van der Waals surface area contributed by atoms with E-state index in [0.29, 0.717) is 34.4 Å². The number of nitrogens with one attached hydrogen (secondary N) is 2. The number of para-hydroxylation sites is 2. The maximum Gasteiger partial charge on any atom is 0.387 e. The largest absolute Gasteiger partial charge is 0.493 e. The van der Waals surface area contributed by atoms with Gasteiger partial charge in [0.25, 0.3) is 0 Å². The van der Waals surface area contributed by atoms with Crippen molar-refractivity contribution in [3.05, 3.63) is 119 Å². The lowest BCUT2D eigenvalue weighted by Gasteiger charge is -2.25. The minimum Gasteiger partial charge on any atom is -0.493 e. The van der Waals surface area contributed by atoms with E-state index in [0.717, 1.165) is 43.9 Å². The van der Waals surface area contributed by atoms with Crippen molar-refractivity contribution in [2.75, 3.05) is 28.4 Å². The summed E-state index contributed by atoms with van der Waals surface area (Å²) in [7, 11) is 6.24. The lowest BCUT2D eigenvalue weighted by atomic mass is 9.95. The number of methoxy groups -OCH3 is 4. The smallest absolute Gasteiger partial charge is 0.387 e. The van der Waals surface area contributed by atoms with E-state index >= 15 is 0 Å². The molecule has 2 aliphatic rings. The molecule has 0 saturated heterocycles. The molecular weight excluding hydrogens is 644 g/mol. The number of rotatable bonds is 10. The number of guanidine groups is 2. The van der Waals surface area contributed by atoms with E-state index in [1.165, 1.54) is 0 Å². The Balaban J connectivity index is 1.18. The molecule has 14 nitrogen and oxygen atoms in total. The van der Waals surface area contributed by atoms with Crippen molar-refractivity contribution < 1.29 is 47.7 Å². The van der Waals surface area contributed by atoms with Gasteiger partial charge in [0, 0.05) is 23.3 Å². The topological polar surface area (TPSA) is 172 Å². The van der Waals surface area contributed by atoms with E-state index in [-0.39, 0.29) is 24.0 Å². The summed E-state index contributed by atoms with van der Waals surface area (Å²) in [6.45, 7) is 0. The van der Waals surface area contributed by atoms with Gasteiger partial charge in [0.05, 0.1) is 28.4 Å². The molecule has 0 amide bonds. The predicted molar refractivity (Wildman–Crippen MR) is 181 cm³/mol. The molecule has 0 radical (unpaired) electrons. The molecule has 0 aromatic heterocycles. The van der Waals surface area contributed by atoms with E-state index < -0.39 is 11.9 Å². The van der Waals surface area contributed by atoms with Gasteiger partial charge < -0.3 is 18.9 Å². The number of benzene rings is 4. The number of carbonyl (C=O) groups is 2. The van der Waals surface area contributed by atoms with E-state index in [1.54, 1.807) is 64.8 Å². The molecule has 0 aliphatic carbocycles. The molecule has 6 N–H and O–H groups in total. The van der Waals surface area contributed by atoms with Crippen LogP contribution in [0.25, 0.3) is 0 Å². The third-order valence-corrected chi connectivity index (χ3v) is 8.16. The number of hydrogen-bond donors (Lipinski definition) is 4. The van der Waals surface area contributed by atoms with Crippen LogP contribution in [-0.2, 0) is 19.3 Å². The summed E-state index contributed by atoms with van der Waals surface area (Å²) < 4.78 is 24.0. The van der Waals surface area contributed by atoms with Crippen molar-refractivity contribution in [1.29, 1.82) is 0 Å². The van der Waals surface area contributed by atoms with Crippen LogP contribution in [-0.4, -0.2) is 61.8 Å². The van der Waals surface area contributed by atoms with Crippen molar-refractivity contribution in [3.8, 4) is 23.0 Å². The Morgan fingerprint density at radius 2 is 0.960 bits per heavy atom. The number of fused-ring (bicyclic) bond motifs is 2. The molecule has 0 saturated carbocycles. The van der Waals surface area contributed by atoms with Crippen LogP contribution in [0.5, 0.6) is 23.0 Å². The van der Waals surface area contributed by atoms with Crippen LogP contribution in [0.1, 0.15) is 34.3 Å². The molecule has 6 rings (SSSR count). The molecule has 2 heterocycles. The highest BCUT2D eigenvalue weighted by Crippen LogP contribution is 2.38. The summed E-state index contributed by atoms with van der Waals surface area (Å²) >= 11 is 0. The first kappa shape index (κ1) is 33.2. The first-order chi connectivity index (χ1) is 24.3. The van der Waals surface area contributed by atoms with Crippen molar-refractivity contribution >= 4 is 35.2 Å². The van der Waals surface area contributed by atoms with Gasteiger partial charge in [0.2, 0.25) is 0 Å². The van der Waals surface area contributed by atoms with Gasteiger partial charge in [-0.05, 0) is 57.0 Å². The van der Waals surface area contributed by atoms with Gasteiger partial charge in [0.1, 0.15) is 12.1 Å². The highest BCUT2D eigenvalue weighted by molar-refractivity contribution is 5.91. The van der Waals surface area contributed by atoms with Crippen LogP contribution in [0.3, 0.4) is 0 Å². The fraction of sp³-hybridized carbons (Fsp3) is 0.167. The van der Waals surface area contributed by atoms with Crippen molar-refractivity contribution in [2.45, 2.75) is 12.1 Å². The average Bonchev–Trinajstić information content (AvgIpc) is 3.15. The van der Waals surface area contributed by atoms with Gasteiger partial charge >= 0.3 is 23.9 Å². The second kappa shape index (κ2) is 14.2. The summed E-state index contributed by atoms with van der Waals surface area (Å²) in [5.74, 6) is 0.605. The molecule has 256 valence electrons. The van der Waals surface area contributed by atoms with Gasteiger partial charge in [-0.25, -0.2) is 9.59 Å². The van der Waals surface area contributed by atoms with Crippen molar-refractivity contribution in [2.24, 2.45) is 11.5 Å². The fourth-order valence-electron chi connectivity index (χ4n) is 5.83. The van der Waals surface area contributed by atoms with Gasteiger partial charge in [-0.3, -0.25) is 31.8 Å². The van der Waals surface area contributed by atoms with Crippen LogP contribution in [0, 0.1) is 0 Å². The van der Waals surface area contributed by atoms with Gasteiger partial charge in [-0.2, -0.15) is 0 Å². The van der Waals surface area contributed by atoms with Crippen LogP contribution in [0.15, 0.2) is 97.1 Å². The number of hydrogen-bond acceptors (Lipinski definition) is 12. The summed E-state index contributed by atoms with van der Waals surface area (Å²) in [6.07, 6.45) is 1.87. The summed E-state index contributed by atoms with van der Waals surface area (Å²) in [5.41, 5.74) is 17.0. The molecule has 2 atom stereocenters. The molecule has 0 bridgehead atoms. The maximum absolute atomic E-state index is 13.0. The standard InChI is InChI=1S/C36H34N6O8/c1-45-27-15-13-21(19-29(27)47-3)33-23-9-5-7-11-25(23)41(35(37)39-33)49-31(43)17-18-32(44)50-42-26-12-8-6-10-24(26)34(40-36(42)38)22-14-16-28(46-2)30(20-22)48-4/h5-20,33-34H,1-4H3,(H4,37,38,39,40)/p+2/b18-17+. The van der Waals surface area contributed by atoms with E-state index in [2.05, 4.69) is 10.6 Å². The van der Waals surface area contributed by atoms with Gasteiger partial charge in [-0.15, -0.1) is 0 Å². The molecule has 4 aromatic carbocycles. The normalized spacial score (nSPS) is 16.4. The molecule has 2 aliphatic heterocycles. The molecule has 4 aromatic rings. The number of ether oxygens (including phenoxy) is 4. The Bertz CT molecular complexity index is 1920. The van der Waals surface area contributed by atoms with Gasteiger partial charge in [0.15, 0.2) is 34.4 Å². The van der Waals surface area contributed by atoms with E-state index in [4.69, 9.17) is 40.1 Å². The molecule has 0 spiro atoms. The Kier molecular flexibility index (Phi) is 9.43. The van der Waals surface area contributed by atoms with Crippen LogP contribution >= 0.6 is 0 Å². The van der Waals surface area contributed by atoms with Crippen LogP contribution in [0.2, 0.25) is 0 Å². The van der Waals surface area contributed by atoms with E-state index in [9.17, 15) is 9.59 Å². The highest BCUT2D eigenvalue weighted by Gasteiger charge is 2.35. The zero-order valence-corrected chi connectivity index (χ0v) is 27.7.